The molecule has 0 aliphatic heterocycles. The number of benzene rings is 1. The van der Waals surface area contributed by atoms with Crippen LogP contribution in [0.4, 0.5) is 0 Å². The van der Waals surface area contributed by atoms with Crippen LogP contribution in [0, 0.1) is 0 Å². The Balaban J connectivity index is 2.89. The number of halogens is 1. The maximum absolute atomic E-state index is 11.5. The quantitative estimate of drug-likeness (QED) is 0.682. The Kier molecular flexibility index (Phi) is 3.28. The van der Waals surface area contributed by atoms with Gasteiger partial charge in [-0.2, -0.15) is 0 Å². The van der Waals surface area contributed by atoms with E-state index in [1.54, 1.807) is 31.3 Å². The molecule has 0 saturated heterocycles. The molecular weight excluding hydrogens is 190 g/mol. The van der Waals surface area contributed by atoms with E-state index in [9.17, 15) is 4.79 Å². The predicted octanol–water partition coefficient (Wildman–Crippen LogP) is 1.97. The van der Waals surface area contributed by atoms with Gasteiger partial charge in [0.05, 0.1) is 7.11 Å². The predicted molar refractivity (Wildman–Crippen MR) is 50.6 cm³/mol. The van der Waals surface area contributed by atoms with Gasteiger partial charge in [0.25, 0.3) is 5.91 Å². The van der Waals surface area contributed by atoms with Crippen LogP contribution in [-0.2, 0) is 4.84 Å². The standard InChI is InChI=1S/C9H10ClNO2/c1-11(13-2)9(12)7-4-3-5-8(10)6-7/h3-6H,1-2H3. The molecule has 0 radical (unpaired) electrons. The lowest BCUT2D eigenvalue weighted by Gasteiger charge is -2.13. The van der Waals surface area contributed by atoms with Gasteiger partial charge < -0.3 is 0 Å². The van der Waals surface area contributed by atoms with E-state index in [-0.39, 0.29) is 5.91 Å². The van der Waals surface area contributed by atoms with E-state index in [4.69, 9.17) is 16.4 Å². The van der Waals surface area contributed by atoms with E-state index < -0.39 is 0 Å². The molecule has 1 aromatic carbocycles. The molecule has 0 heterocycles. The van der Waals surface area contributed by atoms with Crippen molar-refractivity contribution in [1.82, 2.24) is 5.06 Å². The lowest BCUT2D eigenvalue weighted by Crippen LogP contribution is -2.25. The first-order valence-electron chi connectivity index (χ1n) is 3.73. The fourth-order valence-electron chi connectivity index (χ4n) is 0.886. The molecule has 70 valence electrons. The monoisotopic (exact) mass is 199 g/mol. The first kappa shape index (κ1) is 10.0. The second kappa shape index (κ2) is 4.25. The highest BCUT2D eigenvalue weighted by Gasteiger charge is 2.10. The van der Waals surface area contributed by atoms with Gasteiger partial charge >= 0.3 is 0 Å². The summed E-state index contributed by atoms with van der Waals surface area (Å²) in [7, 11) is 2.98. The molecule has 13 heavy (non-hydrogen) atoms. The summed E-state index contributed by atoms with van der Waals surface area (Å²) in [5.41, 5.74) is 0.511. The highest BCUT2D eigenvalue weighted by molar-refractivity contribution is 6.30. The second-order valence-corrected chi connectivity index (χ2v) is 2.93. The Morgan fingerprint density at radius 3 is 2.77 bits per heavy atom. The molecule has 0 atom stereocenters. The lowest BCUT2D eigenvalue weighted by molar-refractivity contribution is -0.0756. The molecule has 0 bridgehead atoms. The summed E-state index contributed by atoms with van der Waals surface area (Å²) in [5.74, 6) is -0.218. The minimum absolute atomic E-state index is 0.218. The topological polar surface area (TPSA) is 29.5 Å². The number of hydrogen-bond donors (Lipinski definition) is 0. The molecule has 4 heteroatoms. The third kappa shape index (κ3) is 2.44. The number of rotatable bonds is 2. The molecule has 0 aromatic heterocycles. The van der Waals surface area contributed by atoms with Crippen molar-refractivity contribution in [3.05, 3.63) is 34.9 Å². The van der Waals surface area contributed by atoms with Gasteiger partial charge in [0, 0.05) is 17.6 Å². The van der Waals surface area contributed by atoms with Gasteiger partial charge in [-0.05, 0) is 18.2 Å². The van der Waals surface area contributed by atoms with Gasteiger partial charge in [-0.15, -0.1) is 0 Å². The summed E-state index contributed by atoms with van der Waals surface area (Å²) in [5, 5.41) is 1.68. The summed E-state index contributed by atoms with van der Waals surface area (Å²) < 4.78 is 0. The van der Waals surface area contributed by atoms with E-state index in [1.807, 2.05) is 0 Å². The third-order valence-electron chi connectivity index (χ3n) is 1.63. The van der Waals surface area contributed by atoms with E-state index in [0.29, 0.717) is 10.6 Å². The highest BCUT2D eigenvalue weighted by Crippen LogP contribution is 2.11. The Bertz CT molecular complexity index is 314. The number of carbonyl (C=O) groups excluding carboxylic acids is 1. The average Bonchev–Trinajstić information content (AvgIpc) is 2.15. The maximum Gasteiger partial charge on any atom is 0.277 e. The van der Waals surface area contributed by atoms with Gasteiger partial charge in [-0.25, -0.2) is 5.06 Å². The molecule has 1 amide bonds. The van der Waals surface area contributed by atoms with Gasteiger partial charge in [-0.1, -0.05) is 17.7 Å². The van der Waals surface area contributed by atoms with E-state index in [0.717, 1.165) is 5.06 Å². The summed E-state index contributed by atoms with van der Waals surface area (Å²) in [4.78, 5) is 16.2. The molecule has 0 aliphatic rings. The number of amides is 1. The average molecular weight is 200 g/mol. The van der Waals surface area contributed by atoms with Crippen LogP contribution in [-0.4, -0.2) is 25.1 Å². The van der Waals surface area contributed by atoms with Crippen molar-refractivity contribution < 1.29 is 9.63 Å². The van der Waals surface area contributed by atoms with Crippen LogP contribution in [0.15, 0.2) is 24.3 Å². The molecule has 0 spiro atoms. The van der Waals surface area contributed by atoms with Crippen molar-refractivity contribution in [3.8, 4) is 0 Å². The number of nitrogens with zero attached hydrogens (tertiary/aromatic N) is 1. The van der Waals surface area contributed by atoms with Crippen molar-refractivity contribution in [2.75, 3.05) is 14.2 Å². The minimum atomic E-state index is -0.218. The molecular formula is C9H10ClNO2. The smallest absolute Gasteiger partial charge is 0.274 e. The highest BCUT2D eigenvalue weighted by atomic mass is 35.5. The molecule has 1 rings (SSSR count). The van der Waals surface area contributed by atoms with Gasteiger partial charge in [0.2, 0.25) is 0 Å². The van der Waals surface area contributed by atoms with Crippen LogP contribution < -0.4 is 0 Å². The third-order valence-corrected chi connectivity index (χ3v) is 1.87. The fraction of sp³-hybridized carbons (Fsp3) is 0.222. The maximum atomic E-state index is 11.5. The largest absolute Gasteiger partial charge is 0.277 e. The lowest BCUT2D eigenvalue weighted by atomic mass is 10.2. The normalized spacial score (nSPS) is 9.77. The Morgan fingerprint density at radius 2 is 2.23 bits per heavy atom. The van der Waals surface area contributed by atoms with Crippen LogP contribution in [0.3, 0.4) is 0 Å². The first-order chi connectivity index (χ1) is 6.15. The van der Waals surface area contributed by atoms with Crippen molar-refractivity contribution in [2.24, 2.45) is 0 Å². The molecule has 0 unspecified atom stereocenters. The van der Waals surface area contributed by atoms with Crippen molar-refractivity contribution in [1.29, 1.82) is 0 Å². The van der Waals surface area contributed by atoms with E-state index in [1.165, 1.54) is 7.11 Å². The number of hydrogen-bond acceptors (Lipinski definition) is 2. The Hall–Kier alpha value is -1.06. The van der Waals surface area contributed by atoms with Gasteiger partial charge in [-0.3, -0.25) is 9.63 Å². The van der Waals surface area contributed by atoms with Gasteiger partial charge in [0.15, 0.2) is 0 Å². The zero-order valence-electron chi connectivity index (χ0n) is 7.45. The SMILES string of the molecule is CON(C)C(=O)c1cccc(Cl)c1. The summed E-state index contributed by atoms with van der Waals surface area (Å²) in [6.45, 7) is 0. The Labute approximate surface area is 81.8 Å². The molecule has 0 aliphatic carbocycles. The molecule has 0 fully saturated rings. The van der Waals surface area contributed by atoms with Crippen LogP contribution in [0.1, 0.15) is 10.4 Å². The zero-order valence-corrected chi connectivity index (χ0v) is 8.21. The van der Waals surface area contributed by atoms with Crippen LogP contribution in [0.25, 0.3) is 0 Å². The minimum Gasteiger partial charge on any atom is -0.274 e. The second-order valence-electron chi connectivity index (χ2n) is 2.50. The fourth-order valence-corrected chi connectivity index (χ4v) is 1.08. The summed E-state index contributed by atoms with van der Waals surface area (Å²) >= 11 is 5.73. The van der Waals surface area contributed by atoms with Crippen LogP contribution in [0.2, 0.25) is 5.02 Å². The molecule has 3 nitrogen and oxygen atoms in total. The van der Waals surface area contributed by atoms with Crippen LogP contribution in [0.5, 0.6) is 0 Å². The van der Waals surface area contributed by atoms with E-state index in [2.05, 4.69) is 0 Å². The number of carbonyl (C=O) groups is 1. The van der Waals surface area contributed by atoms with Crippen LogP contribution >= 0.6 is 11.6 Å². The van der Waals surface area contributed by atoms with Crippen molar-refractivity contribution in [2.45, 2.75) is 0 Å². The zero-order chi connectivity index (χ0) is 9.84. The molecule has 0 saturated carbocycles. The summed E-state index contributed by atoms with van der Waals surface area (Å²) in [6, 6.07) is 6.72. The van der Waals surface area contributed by atoms with Crippen molar-refractivity contribution in [3.63, 3.8) is 0 Å². The molecule has 0 N–H and O–H groups in total. The Morgan fingerprint density at radius 1 is 1.54 bits per heavy atom. The first-order valence-corrected chi connectivity index (χ1v) is 4.10. The number of hydroxylamine groups is 2. The van der Waals surface area contributed by atoms with E-state index >= 15 is 0 Å². The van der Waals surface area contributed by atoms with Crippen molar-refractivity contribution >= 4 is 17.5 Å². The molecule has 1 aromatic rings. The summed E-state index contributed by atoms with van der Waals surface area (Å²) in [6.07, 6.45) is 0. The van der Waals surface area contributed by atoms with Gasteiger partial charge in [0.1, 0.15) is 0 Å².